The molecule has 0 N–H and O–H groups in total. The lowest BCUT2D eigenvalue weighted by molar-refractivity contribution is 0.0616. The van der Waals surface area contributed by atoms with Crippen LogP contribution in [0.2, 0.25) is 0 Å². The molecule has 1 saturated carbocycles. The van der Waals surface area contributed by atoms with Crippen LogP contribution in [0, 0.1) is 0 Å². The molecule has 1 fully saturated rings. The quantitative estimate of drug-likeness (QED) is 0.622. The molecular formula is C19H28N4O. The second kappa shape index (κ2) is 7.77. The Kier molecular flexibility index (Phi) is 5.48. The van der Waals surface area contributed by atoms with Gasteiger partial charge in [-0.2, -0.15) is 0 Å². The van der Waals surface area contributed by atoms with Crippen molar-refractivity contribution >= 4 is 5.91 Å². The fraction of sp³-hybridized carbons (Fsp3) is 0.632. The number of nitrogens with zero attached hydrogens (tertiary/aromatic N) is 4. The minimum Gasteiger partial charge on any atom is -0.327 e. The zero-order valence-electron chi connectivity index (χ0n) is 14.6. The van der Waals surface area contributed by atoms with Gasteiger partial charge in [-0.25, -0.2) is 4.68 Å². The summed E-state index contributed by atoms with van der Waals surface area (Å²) in [6.07, 6.45) is 17.0. The summed E-state index contributed by atoms with van der Waals surface area (Å²) in [7, 11) is 0. The molecule has 0 aromatic carbocycles. The maximum atomic E-state index is 13.0. The van der Waals surface area contributed by atoms with Gasteiger partial charge >= 0.3 is 0 Å². The molecule has 0 unspecified atom stereocenters. The van der Waals surface area contributed by atoms with Crippen LogP contribution in [0.15, 0.2) is 31.0 Å². The van der Waals surface area contributed by atoms with Crippen molar-refractivity contribution in [3.63, 3.8) is 0 Å². The van der Waals surface area contributed by atoms with Crippen molar-refractivity contribution in [2.45, 2.75) is 76.4 Å². The first-order valence-electron chi connectivity index (χ1n) is 9.22. The maximum Gasteiger partial charge on any atom is 0.276 e. The highest BCUT2D eigenvalue weighted by Crippen LogP contribution is 2.27. The third-order valence-corrected chi connectivity index (χ3v) is 5.26. The van der Waals surface area contributed by atoms with E-state index >= 15 is 0 Å². The number of carbonyl (C=O) groups excluding carboxylic acids is 1. The summed E-state index contributed by atoms with van der Waals surface area (Å²) >= 11 is 0. The van der Waals surface area contributed by atoms with E-state index in [1.807, 2.05) is 21.9 Å². The van der Waals surface area contributed by atoms with Gasteiger partial charge in [-0.3, -0.25) is 4.79 Å². The highest BCUT2D eigenvalue weighted by atomic mass is 16.2. The SMILES string of the molecule is C=CC[C@@H]1CC=C[C@@H](C)N1C(=O)c1cn(C2CCCCCC2)nn1. The molecule has 0 bridgehead atoms. The third kappa shape index (κ3) is 3.60. The van der Waals surface area contributed by atoms with Gasteiger partial charge in [-0.15, -0.1) is 11.7 Å². The first-order chi connectivity index (χ1) is 11.7. The molecule has 2 heterocycles. The first-order valence-corrected chi connectivity index (χ1v) is 9.22. The van der Waals surface area contributed by atoms with E-state index in [1.54, 1.807) is 0 Å². The Labute approximate surface area is 144 Å². The Balaban J connectivity index is 1.76. The predicted octanol–water partition coefficient (Wildman–Crippen LogP) is 3.91. The number of aromatic nitrogens is 3. The highest BCUT2D eigenvalue weighted by molar-refractivity contribution is 5.92. The first kappa shape index (κ1) is 16.9. The van der Waals surface area contributed by atoms with Crippen LogP contribution >= 0.6 is 0 Å². The van der Waals surface area contributed by atoms with Crippen molar-refractivity contribution < 1.29 is 4.79 Å². The molecule has 2 atom stereocenters. The van der Waals surface area contributed by atoms with Crippen molar-refractivity contribution in [1.82, 2.24) is 19.9 Å². The van der Waals surface area contributed by atoms with Gasteiger partial charge in [0.05, 0.1) is 12.2 Å². The molecule has 0 radical (unpaired) electrons. The number of amides is 1. The Bertz CT molecular complexity index is 598. The molecule has 2 aliphatic rings. The molecule has 1 aromatic heterocycles. The Morgan fingerprint density at radius 2 is 2.08 bits per heavy atom. The Morgan fingerprint density at radius 3 is 2.79 bits per heavy atom. The standard InChI is InChI=1S/C19H28N4O/c1-3-9-17-13-8-10-15(2)23(17)19(24)18-14-22(21-20-18)16-11-6-4-5-7-12-16/h3,8,10,14-17H,1,4-7,9,11-13H2,2H3/t15-,17-/m1/s1. The van der Waals surface area contributed by atoms with Gasteiger partial charge in [0.1, 0.15) is 0 Å². The molecular weight excluding hydrogens is 300 g/mol. The summed E-state index contributed by atoms with van der Waals surface area (Å²) < 4.78 is 1.92. The molecule has 1 amide bonds. The minimum atomic E-state index is -0.0152. The van der Waals surface area contributed by atoms with E-state index in [0.29, 0.717) is 11.7 Å². The van der Waals surface area contributed by atoms with Gasteiger partial charge in [-0.1, -0.05) is 49.1 Å². The molecule has 5 heteroatoms. The summed E-state index contributed by atoms with van der Waals surface area (Å²) in [5, 5.41) is 8.47. The number of hydrogen-bond donors (Lipinski definition) is 0. The average Bonchev–Trinajstić information content (AvgIpc) is 2.91. The van der Waals surface area contributed by atoms with Crippen LogP contribution in [0.1, 0.15) is 74.8 Å². The van der Waals surface area contributed by atoms with E-state index < -0.39 is 0 Å². The molecule has 0 saturated heterocycles. The highest BCUT2D eigenvalue weighted by Gasteiger charge is 2.31. The van der Waals surface area contributed by atoms with Gasteiger partial charge in [0.25, 0.3) is 5.91 Å². The van der Waals surface area contributed by atoms with Crippen molar-refractivity contribution in [3.8, 4) is 0 Å². The smallest absolute Gasteiger partial charge is 0.276 e. The van der Waals surface area contributed by atoms with Crippen LogP contribution in [-0.2, 0) is 0 Å². The number of rotatable bonds is 4. The van der Waals surface area contributed by atoms with Crippen molar-refractivity contribution in [2.75, 3.05) is 0 Å². The third-order valence-electron chi connectivity index (χ3n) is 5.26. The molecule has 5 nitrogen and oxygen atoms in total. The lowest BCUT2D eigenvalue weighted by atomic mass is 10.00. The van der Waals surface area contributed by atoms with Gasteiger partial charge in [0.2, 0.25) is 0 Å². The van der Waals surface area contributed by atoms with Crippen LogP contribution < -0.4 is 0 Å². The lowest BCUT2D eigenvalue weighted by Crippen LogP contribution is -2.47. The molecule has 24 heavy (non-hydrogen) atoms. The van der Waals surface area contributed by atoms with Crippen molar-refractivity contribution in [3.05, 3.63) is 36.7 Å². The summed E-state index contributed by atoms with van der Waals surface area (Å²) in [6.45, 7) is 5.88. The Hall–Kier alpha value is -1.91. The van der Waals surface area contributed by atoms with E-state index in [4.69, 9.17) is 0 Å². The fourth-order valence-corrected chi connectivity index (χ4v) is 3.93. The lowest BCUT2D eigenvalue weighted by Gasteiger charge is -2.36. The van der Waals surface area contributed by atoms with Gasteiger partial charge in [0, 0.05) is 12.1 Å². The van der Waals surface area contributed by atoms with E-state index in [-0.39, 0.29) is 18.0 Å². The van der Waals surface area contributed by atoms with E-state index in [1.165, 1.54) is 25.7 Å². The average molecular weight is 328 g/mol. The summed E-state index contributed by atoms with van der Waals surface area (Å²) in [6, 6.07) is 0.640. The van der Waals surface area contributed by atoms with Crippen molar-refractivity contribution in [1.29, 1.82) is 0 Å². The van der Waals surface area contributed by atoms with Gasteiger partial charge in [0.15, 0.2) is 5.69 Å². The van der Waals surface area contributed by atoms with Gasteiger partial charge < -0.3 is 4.90 Å². The predicted molar refractivity (Wildman–Crippen MR) is 94.8 cm³/mol. The molecule has 0 spiro atoms. The van der Waals surface area contributed by atoms with Crippen LogP contribution in [-0.4, -0.2) is 37.9 Å². The minimum absolute atomic E-state index is 0.0152. The molecule has 3 rings (SSSR count). The molecule has 1 aromatic rings. The second-order valence-corrected chi connectivity index (χ2v) is 7.02. The van der Waals surface area contributed by atoms with Crippen LogP contribution in [0.3, 0.4) is 0 Å². The summed E-state index contributed by atoms with van der Waals surface area (Å²) in [5.74, 6) is -0.0152. The maximum absolute atomic E-state index is 13.0. The summed E-state index contributed by atoms with van der Waals surface area (Å²) in [4.78, 5) is 14.9. The molecule has 130 valence electrons. The topological polar surface area (TPSA) is 51.0 Å². The normalized spacial score (nSPS) is 25.5. The van der Waals surface area contributed by atoms with Crippen LogP contribution in [0.5, 0.6) is 0 Å². The number of carbonyl (C=O) groups is 1. The van der Waals surface area contributed by atoms with Gasteiger partial charge in [-0.05, 0) is 32.6 Å². The fourth-order valence-electron chi connectivity index (χ4n) is 3.93. The second-order valence-electron chi connectivity index (χ2n) is 7.02. The zero-order valence-corrected chi connectivity index (χ0v) is 14.6. The Morgan fingerprint density at radius 1 is 1.33 bits per heavy atom. The monoisotopic (exact) mass is 328 g/mol. The molecule has 1 aliphatic heterocycles. The zero-order chi connectivity index (χ0) is 16.9. The van der Waals surface area contributed by atoms with E-state index in [0.717, 1.165) is 25.7 Å². The van der Waals surface area contributed by atoms with Crippen LogP contribution in [0.4, 0.5) is 0 Å². The van der Waals surface area contributed by atoms with Crippen molar-refractivity contribution in [2.24, 2.45) is 0 Å². The summed E-state index contributed by atoms with van der Waals surface area (Å²) in [5.41, 5.74) is 0.468. The largest absolute Gasteiger partial charge is 0.327 e. The molecule has 1 aliphatic carbocycles. The van der Waals surface area contributed by atoms with Crippen LogP contribution in [0.25, 0.3) is 0 Å². The van der Waals surface area contributed by atoms with E-state index in [9.17, 15) is 4.79 Å². The van der Waals surface area contributed by atoms with E-state index in [2.05, 4.69) is 36.0 Å². The number of hydrogen-bond acceptors (Lipinski definition) is 3.